The van der Waals surface area contributed by atoms with Gasteiger partial charge in [-0.2, -0.15) is 0 Å². The average molecular weight is 575 g/mol. The van der Waals surface area contributed by atoms with Gasteiger partial charge in [-0.15, -0.1) is 0 Å². The van der Waals surface area contributed by atoms with E-state index in [1.807, 2.05) is 20.8 Å². The molecule has 0 aromatic rings. The molecule has 1 unspecified atom stereocenters. The Morgan fingerprint density at radius 1 is 0.385 bits per heavy atom. The van der Waals surface area contributed by atoms with Gasteiger partial charge in [-0.25, -0.2) is 4.39 Å². The molecule has 0 saturated heterocycles. The summed E-state index contributed by atoms with van der Waals surface area (Å²) in [5.74, 6) is 0. The fourth-order valence-corrected chi connectivity index (χ4v) is 8.96. The van der Waals surface area contributed by atoms with Gasteiger partial charge in [-0.05, 0) is 33.6 Å². The van der Waals surface area contributed by atoms with Crippen LogP contribution in [0.15, 0.2) is 0 Å². The van der Waals surface area contributed by atoms with Crippen LogP contribution in [0.25, 0.3) is 0 Å². The lowest BCUT2D eigenvalue weighted by Gasteiger charge is -2.40. The highest BCUT2D eigenvalue weighted by molar-refractivity contribution is 6.64. The Hall–Kier alpha value is 0.0269. The Bertz CT molecular complexity index is 476. The van der Waals surface area contributed by atoms with E-state index in [-0.39, 0.29) is 0 Å². The second-order valence-electron chi connectivity index (χ2n) is 11.7. The summed E-state index contributed by atoms with van der Waals surface area (Å²) in [6.07, 6.45) is 30.6. The molecule has 39 heavy (non-hydrogen) atoms. The second kappa shape index (κ2) is 28.2. The number of unbranched alkanes of at least 4 members (excludes halogenated alkanes) is 21. The standard InChI is InChI=1S/C34H71FO3Si/c1-6-11-13-15-17-18-19-20-21-22-23-24-25-27-29-31-33-34(35,32-30-28-26-16-14-12-7-2)39(36-8-3,37-9-4)38-10-5/h6-33H2,1-5H3. The Balaban J connectivity index is 4.37. The number of hydrogen-bond donors (Lipinski definition) is 0. The van der Waals surface area contributed by atoms with Crippen molar-refractivity contribution in [3.8, 4) is 0 Å². The first-order valence-corrected chi connectivity index (χ1v) is 19.4. The smallest absolute Gasteiger partial charge is 0.372 e. The lowest BCUT2D eigenvalue weighted by atomic mass is 10.0. The van der Waals surface area contributed by atoms with Gasteiger partial charge in [0.15, 0.2) is 5.29 Å². The van der Waals surface area contributed by atoms with Crippen LogP contribution in [0.4, 0.5) is 4.39 Å². The van der Waals surface area contributed by atoms with E-state index in [0.29, 0.717) is 32.7 Å². The van der Waals surface area contributed by atoms with Gasteiger partial charge < -0.3 is 13.3 Å². The molecule has 236 valence electrons. The van der Waals surface area contributed by atoms with E-state index in [4.69, 9.17) is 13.3 Å². The first-order chi connectivity index (χ1) is 19.1. The normalized spacial score (nSPS) is 13.7. The van der Waals surface area contributed by atoms with Crippen molar-refractivity contribution in [2.75, 3.05) is 19.8 Å². The first-order valence-electron chi connectivity index (χ1n) is 17.7. The molecule has 0 N–H and O–H groups in total. The predicted octanol–water partition coefficient (Wildman–Crippen LogP) is 12.1. The SMILES string of the molecule is CCCCCCCCCCCCCCCCCCC(F)(CCCCCCCCC)[Si](OCC)(OCC)OCC. The molecule has 0 aliphatic carbocycles. The molecule has 0 rings (SSSR count). The molecule has 3 nitrogen and oxygen atoms in total. The van der Waals surface area contributed by atoms with Crippen LogP contribution < -0.4 is 0 Å². The number of alkyl halides is 1. The van der Waals surface area contributed by atoms with Gasteiger partial charge in [0.2, 0.25) is 0 Å². The molecule has 0 aromatic carbocycles. The van der Waals surface area contributed by atoms with Crippen molar-refractivity contribution in [3.05, 3.63) is 0 Å². The van der Waals surface area contributed by atoms with E-state index in [0.717, 1.165) is 25.7 Å². The summed E-state index contributed by atoms with van der Waals surface area (Å²) in [7, 11) is -3.41. The maximum absolute atomic E-state index is 16.9. The third-order valence-corrected chi connectivity index (χ3v) is 11.8. The third kappa shape index (κ3) is 19.7. The van der Waals surface area contributed by atoms with Crippen molar-refractivity contribution in [2.24, 2.45) is 0 Å². The summed E-state index contributed by atoms with van der Waals surface area (Å²) in [6, 6.07) is 0. The second-order valence-corrected chi connectivity index (χ2v) is 14.6. The molecular formula is C34H71FO3Si. The molecule has 5 heteroatoms. The van der Waals surface area contributed by atoms with Crippen LogP contribution in [0.3, 0.4) is 0 Å². The van der Waals surface area contributed by atoms with Gasteiger partial charge in [0, 0.05) is 19.8 Å². The van der Waals surface area contributed by atoms with Gasteiger partial charge in [0.05, 0.1) is 0 Å². The quantitative estimate of drug-likeness (QED) is 0.0590. The zero-order chi connectivity index (χ0) is 28.9. The van der Waals surface area contributed by atoms with Crippen molar-refractivity contribution >= 4 is 8.80 Å². The Morgan fingerprint density at radius 3 is 0.846 bits per heavy atom. The molecule has 1 atom stereocenters. The van der Waals surface area contributed by atoms with Crippen LogP contribution in [-0.2, 0) is 13.3 Å². The summed E-state index contributed by atoms with van der Waals surface area (Å²) in [6.45, 7) is 11.6. The van der Waals surface area contributed by atoms with Gasteiger partial charge in [0.1, 0.15) is 0 Å². The van der Waals surface area contributed by atoms with Crippen LogP contribution in [-0.4, -0.2) is 33.9 Å². The summed E-state index contributed by atoms with van der Waals surface area (Å²) in [5, 5.41) is -1.48. The molecule has 0 spiro atoms. The van der Waals surface area contributed by atoms with Crippen LogP contribution >= 0.6 is 0 Å². The fourth-order valence-electron chi connectivity index (χ4n) is 5.83. The predicted molar refractivity (Wildman–Crippen MR) is 171 cm³/mol. The van der Waals surface area contributed by atoms with Crippen LogP contribution in [0.1, 0.15) is 195 Å². The molecular weight excluding hydrogens is 503 g/mol. The van der Waals surface area contributed by atoms with Crippen molar-refractivity contribution in [3.63, 3.8) is 0 Å². The average Bonchev–Trinajstić information content (AvgIpc) is 2.92. The maximum Gasteiger partial charge on any atom is 0.540 e. The molecule has 0 aromatic heterocycles. The van der Waals surface area contributed by atoms with Gasteiger partial charge in [-0.1, -0.05) is 162 Å². The third-order valence-electron chi connectivity index (χ3n) is 8.16. The van der Waals surface area contributed by atoms with Gasteiger partial charge in [-0.3, -0.25) is 0 Å². The highest BCUT2D eigenvalue weighted by Crippen LogP contribution is 2.38. The van der Waals surface area contributed by atoms with Crippen LogP contribution in [0.5, 0.6) is 0 Å². The fraction of sp³-hybridized carbons (Fsp3) is 1.00. The lowest BCUT2D eigenvalue weighted by molar-refractivity contribution is 0.00153. The highest BCUT2D eigenvalue weighted by Gasteiger charge is 2.61. The molecule has 0 bridgehead atoms. The molecule has 0 aliphatic heterocycles. The molecule has 0 saturated carbocycles. The van der Waals surface area contributed by atoms with Crippen molar-refractivity contribution in [1.82, 2.24) is 0 Å². The Labute approximate surface area is 246 Å². The monoisotopic (exact) mass is 575 g/mol. The van der Waals surface area contributed by atoms with E-state index in [2.05, 4.69) is 13.8 Å². The minimum atomic E-state index is -3.41. The number of halogens is 1. The van der Waals surface area contributed by atoms with E-state index in [1.165, 1.54) is 122 Å². The largest absolute Gasteiger partial charge is 0.540 e. The lowest BCUT2D eigenvalue weighted by Crippen LogP contribution is -2.63. The van der Waals surface area contributed by atoms with Gasteiger partial charge in [0.25, 0.3) is 0 Å². The maximum atomic E-state index is 16.9. The van der Waals surface area contributed by atoms with Crippen molar-refractivity contribution < 1.29 is 17.7 Å². The number of hydrogen-bond acceptors (Lipinski definition) is 3. The zero-order valence-corrected chi connectivity index (χ0v) is 28.4. The highest BCUT2D eigenvalue weighted by atomic mass is 28.4. The van der Waals surface area contributed by atoms with Gasteiger partial charge >= 0.3 is 8.80 Å². The summed E-state index contributed by atoms with van der Waals surface area (Å²) >= 11 is 0. The Morgan fingerprint density at radius 2 is 0.615 bits per heavy atom. The molecule has 0 aliphatic rings. The van der Waals surface area contributed by atoms with E-state index >= 15 is 4.39 Å². The molecule has 0 amide bonds. The first kappa shape index (κ1) is 39.0. The van der Waals surface area contributed by atoms with Crippen LogP contribution in [0.2, 0.25) is 0 Å². The molecule has 0 radical (unpaired) electrons. The summed E-state index contributed by atoms with van der Waals surface area (Å²) in [5.41, 5.74) is 0. The Kier molecular flexibility index (Phi) is 28.2. The summed E-state index contributed by atoms with van der Waals surface area (Å²) < 4.78 is 35.1. The van der Waals surface area contributed by atoms with Crippen LogP contribution in [0, 0.1) is 0 Å². The number of rotatable bonds is 32. The molecule has 0 heterocycles. The summed E-state index contributed by atoms with van der Waals surface area (Å²) in [4.78, 5) is 0. The van der Waals surface area contributed by atoms with E-state index in [9.17, 15) is 0 Å². The minimum Gasteiger partial charge on any atom is -0.372 e. The zero-order valence-electron chi connectivity index (χ0n) is 27.4. The molecule has 0 fully saturated rings. The minimum absolute atomic E-state index is 0.438. The van der Waals surface area contributed by atoms with E-state index < -0.39 is 14.1 Å². The van der Waals surface area contributed by atoms with Crippen molar-refractivity contribution in [2.45, 2.75) is 200 Å². The van der Waals surface area contributed by atoms with E-state index in [1.54, 1.807) is 0 Å². The topological polar surface area (TPSA) is 27.7 Å². The van der Waals surface area contributed by atoms with Crippen molar-refractivity contribution in [1.29, 1.82) is 0 Å².